The second kappa shape index (κ2) is 16.2. The first kappa shape index (κ1) is 43.5. The zero-order valence-corrected chi connectivity index (χ0v) is 37.4. The third kappa shape index (κ3) is 7.86. The van der Waals surface area contributed by atoms with Gasteiger partial charge in [0.15, 0.2) is 5.78 Å². The number of allylic oxidation sites excluding steroid dienone is 1. The number of aldehydes is 1. The summed E-state index contributed by atoms with van der Waals surface area (Å²) in [6.07, 6.45) is 9.96. The minimum atomic E-state index is -0.714. The van der Waals surface area contributed by atoms with Crippen molar-refractivity contribution in [3.63, 3.8) is 0 Å². The van der Waals surface area contributed by atoms with Crippen molar-refractivity contribution in [1.29, 1.82) is 0 Å². The van der Waals surface area contributed by atoms with Gasteiger partial charge in [0.1, 0.15) is 12.4 Å². The molecule has 7 nitrogen and oxygen atoms in total. The van der Waals surface area contributed by atoms with Gasteiger partial charge in [-0.1, -0.05) is 84.7 Å². The number of halogens is 1. The predicted octanol–water partition coefficient (Wildman–Crippen LogP) is 9.84. The monoisotopic (exact) mass is 793 g/mol. The molecule has 56 heavy (non-hydrogen) atoms. The van der Waals surface area contributed by atoms with Gasteiger partial charge in [-0.15, -0.1) is 0 Å². The molecule has 312 valence electrons. The van der Waals surface area contributed by atoms with Crippen LogP contribution in [0, 0.1) is 56.7 Å². The lowest BCUT2D eigenvalue weighted by Crippen LogP contribution is -2.63. The van der Waals surface area contributed by atoms with Crippen LogP contribution in [0.15, 0.2) is 35.4 Å². The van der Waals surface area contributed by atoms with Crippen LogP contribution in [0.3, 0.4) is 0 Å². The molecule has 6 rings (SSSR count). The quantitative estimate of drug-likeness (QED) is 0.137. The van der Waals surface area contributed by atoms with E-state index in [1.54, 1.807) is 13.8 Å². The van der Waals surface area contributed by atoms with Crippen molar-refractivity contribution in [3.05, 3.63) is 46.0 Å². The molecule has 1 aromatic rings. The maximum Gasteiger partial charge on any atom is 0.307 e. The Morgan fingerprint density at radius 3 is 2.25 bits per heavy atom. The summed E-state index contributed by atoms with van der Waals surface area (Å²) in [5, 5.41) is 0.749. The average molecular weight is 794 g/mol. The van der Waals surface area contributed by atoms with E-state index >= 15 is 0 Å². The second-order valence-electron chi connectivity index (χ2n) is 21.2. The Balaban J connectivity index is 1.28. The van der Waals surface area contributed by atoms with E-state index in [4.69, 9.17) is 21.1 Å². The zero-order chi connectivity index (χ0) is 41.0. The number of nitrogens with zero attached hydrogens (tertiary/aromatic N) is 2. The second-order valence-corrected chi connectivity index (χ2v) is 21.7. The molecule has 1 aromatic carbocycles. The van der Waals surface area contributed by atoms with Gasteiger partial charge < -0.3 is 19.2 Å². The van der Waals surface area contributed by atoms with E-state index in [9.17, 15) is 14.4 Å². The van der Waals surface area contributed by atoms with Crippen LogP contribution in [0.4, 0.5) is 0 Å². The normalized spacial score (nSPS) is 34.6. The minimum absolute atomic E-state index is 0.0808. The Morgan fingerprint density at radius 1 is 0.946 bits per heavy atom. The third-order valence-electron chi connectivity index (χ3n) is 16.3. The first-order valence-corrected chi connectivity index (χ1v) is 22.2. The van der Waals surface area contributed by atoms with Crippen LogP contribution in [-0.4, -0.2) is 80.9 Å². The van der Waals surface area contributed by atoms with Crippen molar-refractivity contribution < 1.29 is 23.9 Å². The lowest BCUT2D eigenvalue weighted by atomic mass is 9.36. The van der Waals surface area contributed by atoms with Gasteiger partial charge in [-0.05, 0) is 129 Å². The number of carbonyl (C=O) groups is 3. The molecule has 8 heteroatoms. The molecule has 0 aliphatic heterocycles. The summed E-state index contributed by atoms with van der Waals surface area (Å²) in [5.41, 5.74) is 2.98. The number of benzene rings is 1. The number of carbonyl (C=O) groups excluding carboxylic acids is 3. The highest BCUT2D eigenvalue weighted by Gasteiger charge is 2.67. The van der Waals surface area contributed by atoms with E-state index in [2.05, 4.69) is 77.6 Å². The zero-order valence-electron chi connectivity index (χ0n) is 36.6. The summed E-state index contributed by atoms with van der Waals surface area (Å²) in [6.45, 7) is 21.4. The predicted molar refractivity (Wildman–Crippen MR) is 225 cm³/mol. The highest BCUT2D eigenvalue weighted by molar-refractivity contribution is 6.30. The maximum absolute atomic E-state index is 14.4. The smallest absolute Gasteiger partial charge is 0.307 e. The summed E-state index contributed by atoms with van der Waals surface area (Å²) in [7, 11) is 6.14. The molecule has 4 saturated carbocycles. The van der Waals surface area contributed by atoms with Crippen molar-refractivity contribution >= 4 is 29.6 Å². The number of hydrogen-bond acceptors (Lipinski definition) is 7. The lowest BCUT2D eigenvalue weighted by molar-refractivity contribution is -0.214. The van der Waals surface area contributed by atoms with Crippen LogP contribution in [0.2, 0.25) is 5.02 Å². The van der Waals surface area contributed by atoms with Gasteiger partial charge in [0, 0.05) is 61.0 Å². The standard InChI is InChI=1S/C48H73ClN2O5/c1-31(2)42-36(53)26-48(40(55-11)29-51(25-24-50(9)10)28-32-12-14-33(49)15-13-32)23-18-35-34(43(42)48)16-17-38-46(35,7)21-19-37-45(5,6)39(20-22-47(37,38)8)56-41(54)27-44(3,4)30-52/h12-15,30-31,34-35,37-40H,16-29H2,1-11H3. The Hall–Kier alpha value is -2.06. The Morgan fingerprint density at radius 2 is 1.62 bits per heavy atom. The molecular formula is C48H73ClN2O5. The summed E-state index contributed by atoms with van der Waals surface area (Å²) in [5.74, 6) is 2.23. The van der Waals surface area contributed by atoms with Gasteiger partial charge in [-0.25, -0.2) is 0 Å². The molecule has 0 heterocycles. The number of ether oxygens (including phenoxy) is 2. The lowest BCUT2D eigenvalue weighted by Gasteiger charge is -2.69. The summed E-state index contributed by atoms with van der Waals surface area (Å²) < 4.78 is 12.9. The van der Waals surface area contributed by atoms with Gasteiger partial charge in [0.2, 0.25) is 0 Å². The molecule has 0 spiro atoms. The fraction of sp³-hybridized carbons (Fsp3) is 0.771. The number of likely N-dealkylation sites (N-methyl/N-ethyl adjacent to an activating group) is 1. The Bertz CT molecular complexity index is 1650. The maximum atomic E-state index is 14.4. The summed E-state index contributed by atoms with van der Waals surface area (Å²) in [6, 6.07) is 8.21. The fourth-order valence-corrected chi connectivity index (χ4v) is 13.8. The van der Waals surface area contributed by atoms with Gasteiger partial charge in [0.05, 0.1) is 12.5 Å². The minimum Gasteiger partial charge on any atom is -0.462 e. The largest absolute Gasteiger partial charge is 0.462 e. The first-order valence-electron chi connectivity index (χ1n) is 21.8. The van der Waals surface area contributed by atoms with Crippen LogP contribution < -0.4 is 0 Å². The number of rotatable bonds is 14. The third-order valence-corrected chi connectivity index (χ3v) is 16.5. The topological polar surface area (TPSA) is 76.2 Å². The number of fused-ring (bicyclic) bond motifs is 7. The van der Waals surface area contributed by atoms with Crippen molar-refractivity contribution in [2.24, 2.45) is 56.7 Å². The Labute approximate surface area is 344 Å². The number of esters is 1. The molecule has 4 fully saturated rings. The first-order chi connectivity index (χ1) is 26.2. The van der Waals surface area contributed by atoms with E-state index < -0.39 is 5.41 Å². The number of hydrogen-bond donors (Lipinski definition) is 0. The molecule has 9 unspecified atom stereocenters. The van der Waals surface area contributed by atoms with Crippen LogP contribution >= 0.6 is 11.6 Å². The average Bonchev–Trinajstić information content (AvgIpc) is 3.44. The highest BCUT2D eigenvalue weighted by Crippen LogP contribution is 2.73. The van der Waals surface area contributed by atoms with E-state index in [0.29, 0.717) is 35.9 Å². The van der Waals surface area contributed by atoms with Crippen molar-refractivity contribution in [3.8, 4) is 0 Å². The number of Topliss-reactive ketones (excluding diaryl/α,β-unsaturated/α-hetero) is 1. The van der Waals surface area contributed by atoms with E-state index in [0.717, 1.165) is 81.6 Å². The summed E-state index contributed by atoms with van der Waals surface area (Å²) in [4.78, 5) is 43.9. The molecule has 0 bridgehead atoms. The summed E-state index contributed by atoms with van der Waals surface area (Å²) >= 11 is 6.28. The molecule has 5 aliphatic carbocycles. The molecule has 9 atom stereocenters. The molecule has 0 amide bonds. The van der Waals surface area contributed by atoms with Crippen molar-refractivity contribution in [2.75, 3.05) is 40.8 Å². The van der Waals surface area contributed by atoms with Gasteiger partial charge in [0.25, 0.3) is 0 Å². The molecule has 0 aromatic heterocycles. The van der Waals surface area contributed by atoms with Gasteiger partial charge in [-0.2, -0.15) is 0 Å². The SMILES string of the molecule is COC(CN(CCN(C)C)Cc1ccc(Cl)cc1)C12CCC3C(CCC4C3(C)CCC3C(C)(C)C(OC(=O)CC(C)(C)C=O)CCC34C)C1=C(C(C)C)C(=O)C2. The van der Waals surface area contributed by atoms with Crippen molar-refractivity contribution in [1.82, 2.24) is 9.80 Å². The van der Waals surface area contributed by atoms with Crippen LogP contribution in [0.1, 0.15) is 125 Å². The number of methoxy groups -OCH3 is 1. The van der Waals surface area contributed by atoms with Gasteiger partial charge in [-0.3, -0.25) is 14.5 Å². The molecule has 0 N–H and O–H groups in total. The fourth-order valence-electron chi connectivity index (χ4n) is 13.7. The van der Waals surface area contributed by atoms with E-state index in [-0.39, 0.29) is 52.2 Å². The molecule has 0 radical (unpaired) electrons. The highest BCUT2D eigenvalue weighted by atomic mass is 35.5. The number of ketones is 1. The molecule has 0 saturated heterocycles. The van der Waals surface area contributed by atoms with Crippen LogP contribution in [-0.2, 0) is 30.4 Å². The van der Waals surface area contributed by atoms with Crippen LogP contribution in [0.5, 0.6) is 0 Å². The van der Waals surface area contributed by atoms with Crippen molar-refractivity contribution in [2.45, 2.75) is 138 Å². The Kier molecular flexibility index (Phi) is 12.6. The van der Waals surface area contributed by atoms with Crippen LogP contribution in [0.25, 0.3) is 0 Å². The molecule has 5 aliphatic rings. The van der Waals surface area contributed by atoms with E-state index in [1.807, 2.05) is 19.2 Å². The van der Waals surface area contributed by atoms with E-state index in [1.165, 1.54) is 24.0 Å². The molecular weight excluding hydrogens is 720 g/mol. The van der Waals surface area contributed by atoms with Gasteiger partial charge >= 0.3 is 5.97 Å².